The summed E-state index contributed by atoms with van der Waals surface area (Å²) in [5.41, 5.74) is 1.83. The van der Waals surface area contributed by atoms with E-state index in [-0.39, 0.29) is 11.7 Å². The van der Waals surface area contributed by atoms with E-state index in [4.69, 9.17) is 18.0 Å². The summed E-state index contributed by atoms with van der Waals surface area (Å²) < 4.78 is 29.8. The van der Waals surface area contributed by atoms with E-state index in [0.29, 0.717) is 34.7 Å². The van der Waals surface area contributed by atoms with Gasteiger partial charge in [-0.3, -0.25) is 4.98 Å². The van der Waals surface area contributed by atoms with Crippen LogP contribution < -0.4 is 4.72 Å². The Hall–Kier alpha value is -2.73. The van der Waals surface area contributed by atoms with Crippen LogP contribution in [-0.4, -0.2) is 23.8 Å². The lowest BCUT2D eigenvalue weighted by atomic mass is 9.92. The van der Waals surface area contributed by atoms with Gasteiger partial charge in [-0.2, -0.15) is 0 Å². The van der Waals surface area contributed by atoms with Gasteiger partial charge in [-0.25, -0.2) is 13.1 Å². The maximum absolute atomic E-state index is 13.0. The second-order valence-electron chi connectivity index (χ2n) is 9.27. The lowest BCUT2D eigenvalue weighted by Crippen LogP contribution is -2.31. The topological polar surface area (TPSA) is 79.3 Å². The van der Waals surface area contributed by atoms with E-state index in [0.717, 1.165) is 20.5 Å². The zero-order valence-corrected chi connectivity index (χ0v) is 22.0. The Morgan fingerprint density at radius 3 is 2.72 bits per heavy atom. The molecule has 1 aliphatic rings. The minimum atomic E-state index is -3.48. The predicted octanol–water partition coefficient (Wildman–Crippen LogP) is 6.02. The monoisotopic (exact) mass is 536 g/mol. The first-order valence-electron chi connectivity index (χ1n) is 11.6. The third kappa shape index (κ3) is 4.93. The van der Waals surface area contributed by atoms with Gasteiger partial charge in [0.1, 0.15) is 0 Å². The summed E-state index contributed by atoms with van der Waals surface area (Å²) in [4.78, 5) is 5.40. The van der Waals surface area contributed by atoms with Gasteiger partial charge >= 0.3 is 0 Å². The Kier molecular flexibility index (Phi) is 6.67. The zero-order chi connectivity index (χ0) is 25.5. The normalized spacial score (nSPS) is 16.4. The number of aliphatic hydroxyl groups is 1. The van der Waals surface area contributed by atoms with Gasteiger partial charge in [-0.05, 0) is 60.5 Å². The molecule has 0 amide bonds. The van der Waals surface area contributed by atoms with Crippen LogP contribution in [0.4, 0.5) is 0 Å². The van der Waals surface area contributed by atoms with Crippen LogP contribution in [0.15, 0.2) is 66.9 Å². The highest BCUT2D eigenvalue weighted by Crippen LogP contribution is 2.41. The second-order valence-corrected chi connectivity index (χ2v) is 12.8. The third-order valence-electron chi connectivity index (χ3n) is 6.41. The maximum Gasteiger partial charge on any atom is 0.215 e. The number of hydrogen-bond acceptors (Lipinski definition) is 5. The number of nitrogens with zero attached hydrogens (tertiary/aromatic N) is 1. The molecular weight excluding hydrogens is 512 g/mol. The van der Waals surface area contributed by atoms with Gasteiger partial charge in [0.15, 0.2) is 0 Å². The smallest absolute Gasteiger partial charge is 0.215 e. The summed E-state index contributed by atoms with van der Waals surface area (Å²) in [6.07, 6.45) is 8.65. The quantitative estimate of drug-likeness (QED) is 0.270. The van der Waals surface area contributed by atoms with Crippen molar-refractivity contribution in [3.8, 4) is 23.6 Å². The van der Waals surface area contributed by atoms with E-state index in [9.17, 15) is 13.5 Å². The van der Waals surface area contributed by atoms with Crippen molar-refractivity contribution in [2.75, 3.05) is 0 Å². The van der Waals surface area contributed by atoms with E-state index in [1.807, 2.05) is 48.5 Å². The number of thiophene rings is 1. The molecule has 0 spiro atoms. The summed E-state index contributed by atoms with van der Waals surface area (Å²) in [5.74, 6) is 2.53. The highest BCUT2D eigenvalue weighted by molar-refractivity contribution is 7.90. The van der Waals surface area contributed by atoms with Crippen molar-refractivity contribution >= 4 is 43.0 Å². The summed E-state index contributed by atoms with van der Waals surface area (Å²) in [6, 6.07) is 18.2. The molecule has 5 nitrogen and oxygen atoms in total. The average Bonchev–Trinajstić information content (AvgIpc) is 3.63. The van der Waals surface area contributed by atoms with Crippen LogP contribution in [0.2, 0.25) is 5.02 Å². The molecule has 0 saturated heterocycles. The minimum Gasteiger partial charge on any atom is -0.384 e. The van der Waals surface area contributed by atoms with Crippen LogP contribution >= 0.6 is 22.9 Å². The fourth-order valence-corrected chi connectivity index (χ4v) is 7.37. The highest BCUT2D eigenvalue weighted by Gasteiger charge is 2.38. The summed E-state index contributed by atoms with van der Waals surface area (Å²) in [6.45, 7) is 1.69. The molecule has 2 heterocycles. The summed E-state index contributed by atoms with van der Waals surface area (Å²) in [7, 11) is -3.48. The van der Waals surface area contributed by atoms with Crippen LogP contribution in [-0.2, 0) is 15.6 Å². The van der Waals surface area contributed by atoms with Crippen molar-refractivity contribution in [3.63, 3.8) is 0 Å². The number of pyridine rings is 1. The van der Waals surface area contributed by atoms with Gasteiger partial charge in [-0.15, -0.1) is 23.7 Å². The molecule has 2 aromatic carbocycles. The van der Waals surface area contributed by atoms with Gasteiger partial charge in [0.05, 0.1) is 22.6 Å². The highest BCUT2D eigenvalue weighted by atomic mass is 35.5. The third-order valence-corrected chi connectivity index (χ3v) is 9.92. The van der Waals surface area contributed by atoms with E-state index < -0.39 is 21.7 Å². The van der Waals surface area contributed by atoms with E-state index >= 15 is 0 Å². The van der Waals surface area contributed by atoms with E-state index in [1.165, 1.54) is 11.3 Å². The molecule has 1 aliphatic carbocycles. The second kappa shape index (κ2) is 9.62. The first-order chi connectivity index (χ1) is 17.2. The molecule has 4 aromatic rings. The molecule has 8 heteroatoms. The largest absolute Gasteiger partial charge is 0.384 e. The number of aromatic nitrogens is 1. The number of hydrogen-bond donors (Lipinski definition) is 2. The van der Waals surface area contributed by atoms with Gasteiger partial charge in [0, 0.05) is 32.8 Å². The first kappa shape index (κ1) is 24.9. The van der Waals surface area contributed by atoms with Gasteiger partial charge in [-0.1, -0.05) is 48.0 Å². The molecule has 2 aromatic heterocycles. The van der Waals surface area contributed by atoms with Crippen LogP contribution in [0, 0.1) is 12.3 Å². The number of rotatable bonds is 8. The summed E-state index contributed by atoms with van der Waals surface area (Å²) >= 11 is 8.03. The van der Waals surface area contributed by atoms with Gasteiger partial charge in [0.2, 0.25) is 10.0 Å². The maximum atomic E-state index is 13.0. The van der Waals surface area contributed by atoms with Gasteiger partial charge in [0.25, 0.3) is 0 Å². The lowest BCUT2D eigenvalue weighted by molar-refractivity contribution is 0.0629. The molecule has 1 saturated carbocycles. The fraction of sp³-hybridized carbons (Fsp3) is 0.250. The minimum absolute atomic E-state index is 0.185. The van der Waals surface area contributed by atoms with Crippen LogP contribution in [0.3, 0.4) is 0 Å². The number of benzene rings is 2. The molecular formula is C28H25ClN2O3S2. The zero-order valence-electron chi connectivity index (χ0n) is 19.6. The van der Waals surface area contributed by atoms with E-state index in [2.05, 4.69) is 15.6 Å². The van der Waals surface area contributed by atoms with Crippen molar-refractivity contribution < 1.29 is 13.5 Å². The SMILES string of the molecule is C#CCC(C)(O)c1ccnc(-c2cccc3cc(C(NS(=O)(=O)C4CC4)c4ccccc4Cl)sc23)c1. The Bertz CT molecular complexity index is 1580. The average molecular weight is 537 g/mol. The van der Waals surface area contributed by atoms with Gasteiger partial charge < -0.3 is 5.11 Å². The Morgan fingerprint density at radius 2 is 2.00 bits per heavy atom. The van der Waals surface area contributed by atoms with E-state index in [1.54, 1.807) is 25.3 Å². The Balaban J connectivity index is 1.61. The lowest BCUT2D eigenvalue weighted by Gasteiger charge is -2.21. The molecule has 2 N–H and O–H groups in total. The number of terminal acetylenes is 1. The number of fused-ring (bicyclic) bond motifs is 1. The summed E-state index contributed by atoms with van der Waals surface area (Å²) in [5, 5.41) is 11.9. The molecule has 0 bridgehead atoms. The van der Waals surface area contributed by atoms with Crippen molar-refractivity contribution in [2.45, 2.75) is 43.1 Å². The van der Waals surface area contributed by atoms with Crippen LogP contribution in [0.25, 0.3) is 21.3 Å². The standard InChI is InChI=1S/C28H25ClN2O3S2/c1-3-14-28(2,32)19-13-15-30-24(17-19)22-9-6-7-18-16-25(35-27(18)22)26(21-8-4-5-10-23(21)29)31-36(33,34)20-11-12-20/h1,4-10,13,15-17,20,26,31-32H,11-12,14H2,2H3. The molecule has 1 fully saturated rings. The first-order valence-corrected chi connectivity index (χ1v) is 14.3. The molecule has 2 unspecified atom stereocenters. The predicted molar refractivity (Wildman–Crippen MR) is 146 cm³/mol. The Labute approximate surface area is 220 Å². The number of sulfonamides is 1. The molecule has 5 rings (SSSR count). The van der Waals surface area contributed by atoms with Crippen molar-refractivity contribution in [1.29, 1.82) is 0 Å². The van der Waals surface area contributed by atoms with Crippen LogP contribution in [0.1, 0.15) is 48.2 Å². The molecule has 184 valence electrons. The molecule has 0 aliphatic heterocycles. The number of halogens is 1. The van der Waals surface area contributed by atoms with Crippen molar-refractivity contribution in [2.24, 2.45) is 0 Å². The Morgan fingerprint density at radius 1 is 1.22 bits per heavy atom. The van der Waals surface area contributed by atoms with Crippen molar-refractivity contribution in [3.05, 3.63) is 87.9 Å². The number of nitrogens with one attached hydrogen (secondary N) is 1. The van der Waals surface area contributed by atoms with Crippen LogP contribution in [0.5, 0.6) is 0 Å². The molecule has 2 atom stereocenters. The molecule has 36 heavy (non-hydrogen) atoms. The molecule has 0 radical (unpaired) electrons. The van der Waals surface area contributed by atoms with Crippen molar-refractivity contribution in [1.82, 2.24) is 9.71 Å². The fourth-order valence-electron chi connectivity index (χ4n) is 4.26.